The highest BCUT2D eigenvalue weighted by Crippen LogP contribution is 2.24. The first kappa shape index (κ1) is 23.2. The Kier molecular flexibility index (Phi) is 8.83. The molecule has 3 rings (SSSR count). The fourth-order valence-corrected chi connectivity index (χ4v) is 4.59. The molecule has 0 bridgehead atoms. The van der Waals surface area contributed by atoms with Crippen LogP contribution in [0, 0.1) is 12.8 Å². The maximum atomic E-state index is 12.5. The van der Waals surface area contributed by atoms with Gasteiger partial charge in [0.25, 0.3) is 0 Å². The molecule has 1 aliphatic rings. The quantitative estimate of drug-likeness (QED) is 0.622. The molecule has 0 unspecified atom stereocenters. The summed E-state index contributed by atoms with van der Waals surface area (Å²) in [6.45, 7) is 3.63. The molecule has 1 aliphatic heterocycles. The number of amides is 2. The van der Waals surface area contributed by atoms with Crippen molar-refractivity contribution in [2.24, 2.45) is 5.92 Å². The van der Waals surface area contributed by atoms with Crippen LogP contribution in [0.15, 0.2) is 48.5 Å². The van der Waals surface area contributed by atoms with Gasteiger partial charge in [-0.3, -0.25) is 9.59 Å². The molecule has 0 radical (unpaired) electrons. The highest BCUT2D eigenvalue weighted by molar-refractivity contribution is 8.00. The summed E-state index contributed by atoms with van der Waals surface area (Å²) in [6, 6.07) is 16.0. The minimum absolute atomic E-state index is 0.0689. The second-order valence-electron chi connectivity index (χ2n) is 8.12. The van der Waals surface area contributed by atoms with Gasteiger partial charge in [0, 0.05) is 18.8 Å². The fraction of sp³-hybridized carbons (Fsp3) is 0.440. The first-order chi connectivity index (χ1) is 15.0. The third-order valence-electron chi connectivity index (χ3n) is 5.73. The smallest absolute Gasteiger partial charge is 0.234 e. The van der Waals surface area contributed by atoms with Crippen molar-refractivity contribution >= 4 is 29.3 Å². The second-order valence-corrected chi connectivity index (χ2v) is 9.11. The van der Waals surface area contributed by atoms with E-state index < -0.39 is 0 Å². The molecule has 0 aliphatic carbocycles. The number of aryl methyl sites for hydroxylation is 2. The normalized spacial score (nSPS) is 14.3. The Bertz CT molecular complexity index is 861. The largest absolute Gasteiger partial charge is 0.497 e. The van der Waals surface area contributed by atoms with Gasteiger partial charge in [0.15, 0.2) is 0 Å². The number of carbonyl (C=O) groups is 2. The zero-order chi connectivity index (χ0) is 22.1. The summed E-state index contributed by atoms with van der Waals surface area (Å²) < 4.78 is 5.21. The topological polar surface area (TPSA) is 58.6 Å². The molecule has 6 heteroatoms. The van der Waals surface area contributed by atoms with Crippen LogP contribution >= 0.6 is 11.8 Å². The molecule has 0 aromatic heterocycles. The van der Waals surface area contributed by atoms with Gasteiger partial charge < -0.3 is 15.0 Å². The lowest BCUT2D eigenvalue weighted by atomic mass is 9.90. The van der Waals surface area contributed by atoms with Gasteiger partial charge in [-0.1, -0.05) is 24.3 Å². The maximum Gasteiger partial charge on any atom is 0.234 e. The number of thioether (sulfide) groups is 1. The van der Waals surface area contributed by atoms with Crippen molar-refractivity contribution in [3.8, 4) is 5.75 Å². The Hall–Kier alpha value is -2.47. The van der Waals surface area contributed by atoms with E-state index in [1.807, 2.05) is 48.2 Å². The van der Waals surface area contributed by atoms with E-state index in [1.165, 1.54) is 17.3 Å². The van der Waals surface area contributed by atoms with Crippen LogP contribution < -0.4 is 10.1 Å². The summed E-state index contributed by atoms with van der Waals surface area (Å²) in [5, 5.41) is 2.88. The third kappa shape index (κ3) is 7.62. The Morgan fingerprint density at radius 3 is 2.52 bits per heavy atom. The van der Waals surface area contributed by atoms with E-state index in [2.05, 4.69) is 17.4 Å². The predicted molar refractivity (Wildman–Crippen MR) is 128 cm³/mol. The monoisotopic (exact) mass is 440 g/mol. The maximum absolute atomic E-state index is 12.5. The summed E-state index contributed by atoms with van der Waals surface area (Å²) in [5.74, 6) is 2.28. The van der Waals surface area contributed by atoms with E-state index in [9.17, 15) is 9.59 Å². The van der Waals surface area contributed by atoms with Gasteiger partial charge in [-0.2, -0.15) is 0 Å². The van der Waals surface area contributed by atoms with E-state index in [0.717, 1.165) is 55.8 Å². The van der Waals surface area contributed by atoms with Crippen molar-refractivity contribution in [3.63, 3.8) is 0 Å². The molecule has 0 spiro atoms. The van der Waals surface area contributed by atoms with Gasteiger partial charge in [-0.25, -0.2) is 0 Å². The number of carbonyl (C=O) groups excluding carboxylic acids is 2. The molecule has 1 heterocycles. The number of ether oxygens (including phenoxy) is 1. The van der Waals surface area contributed by atoms with E-state index in [-0.39, 0.29) is 17.6 Å². The zero-order valence-corrected chi connectivity index (χ0v) is 19.2. The van der Waals surface area contributed by atoms with Crippen molar-refractivity contribution in [1.82, 2.24) is 4.90 Å². The van der Waals surface area contributed by atoms with Crippen molar-refractivity contribution < 1.29 is 14.3 Å². The Labute approximate surface area is 189 Å². The first-order valence-electron chi connectivity index (χ1n) is 10.9. The molecule has 1 saturated heterocycles. The van der Waals surface area contributed by atoms with E-state index in [1.54, 1.807) is 7.11 Å². The SMILES string of the molecule is COc1ccc(CCC2CCN(C(=O)CSCC(=O)Nc3cccc(C)c3)CC2)cc1. The summed E-state index contributed by atoms with van der Waals surface area (Å²) in [7, 11) is 1.68. The Balaban J connectivity index is 1.31. The van der Waals surface area contributed by atoms with Crippen molar-refractivity contribution in [2.75, 3.05) is 37.0 Å². The number of anilines is 1. The number of methoxy groups -OCH3 is 1. The number of hydrogen-bond acceptors (Lipinski definition) is 4. The molecule has 31 heavy (non-hydrogen) atoms. The van der Waals surface area contributed by atoms with Crippen LogP contribution in [-0.2, 0) is 16.0 Å². The van der Waals surface area contributed by atoms with E-state index >= 15 is 0 Å². The average molecular weight is 441 g/mol. The van der Waals surface area contributed by atoms with E-state index in [0.29, 0.717) is 11.7 Å². The number of hydrogen-bond donors (Lipinski definition) is 1. The third-order valence-corrected chi connectivity index (χ3v) is 6.65. The van der Waals surface area contributed by atoms with Crippen LogP contribution in [0.5, 0.6) is 5.75 Å². The summed E-state index contributed by atoms with van der Waals surface area (Å²) in [6.07, 6.45) is 4.33. The molecular weight excluding hydrogens is 408 g/mol. The first-order valence-corrected chi connectivity index (χ1v) is 12.0. The van der Waals surface area contributed by atoms with Gasteiger partial charge >= 0.3 is 0 Å². The molecule has 1 fully saturated rings. The van der Waals surface area contributed by atoms with Crippen molar-refractivity contribution in [2.45, 2.75) is 32.6 Å². The number of likely N-dealkylation sites (tertiary alicyclic amines) is 1. The summed E-state index contributed by atoms with van der Waals surface area (Å²) in [4.78, 5) is 26.5. The number of nitrogens with zero attached hydrogens (tertiary/aromatic N) is 1. The summed E-state index contributed by atoms with van der Waals surface area (Å²) >= 11 is 1.38. The van der Waals surface area contributed by atoms with Crippen LogP contribution in [-0.4, -0.2) is 48.4 Å². The Morgan fingerprint density at radius 1 is 1.10 bits per heavy atom. The number of rotatable bonds is 9. The molecule has 1 N–H and O–H groups in total. The molecule has 2 aromatic rings. The average Bonchev–Trinajstić information content (AvgIpc) is 2.78. The van der Waals surface area contributed by atoms with Crippen LogP contribution in [0.4, 0.5) is 5.69 Å². The lowest BCUT2D eigenvalue weighted by molar-refractivity contribution is -0.129. The summed E-state index contributed by atoms with van der Waals surface area (Å²) in [5.41, 5.74) is 3.24. The van der Waals surface area contributed by atoms with Gasteiger partial charge in [0.05, 0.1) is 18.6 Å². The molecule has 5 nitrogen and oxygen atoms in total. The second kappa shape index (κ2) is 11.8. The number of benzene rings is 2. The molecule has 2 amide bonds. The van der Waals surface area contributed by atoms with Crippen LogP contribution in [0.2, 0.25) is 0 Å². The predicted octanol–water partition coefficient (Wildman–Crippen LogP) is 4.55. The molecule has 166 valence electrons. The van der Waals surface area contributed by atoms with Crippen LogP contribution in [0.25, 0.3) is 0 Å². The zero-order valence-electron chi connectivity index (χ0n) is 18.4. The Morgan fingerprint density at radius 2 is 1.84 bits per heavy atom. The van der Waals surface area contributed by atoms with Gasteiger partial charge in [-0.15, -0.1) is 11.8 Å². The van der Waals surface area contributed by atoms with Crippen LogP contribution in [0.1, 0.15) is 30.4 Å². The van der Waals surface area contributed by atoms with E-state index in [4.69, 9.17) is 4.74 Å². The molecule has 2 aromatic carbocycles. The lowest BCUT2D eigenvalue weighted by Crippen LogP contribution is -2.39. The fourth-order valence-electron chi connectivity index (χ4n) is 3.88. The van der Waals surface area contributed by atoms with Gasteiger partial charge in [0.1, 0.15) is 5.75 Å². The molecular formula is C25H32N2O3S. The highest BCUT2D eigenvalue weighted by Gasteiger charge is 2.22. The minimum Gasteiger partial charge on any atom is -0.497 e. The number of nitrogens with one attached hydrogen (secondary N) is 1. The standard InChI is InChI=1S/C25H32N2O3S/c1-19-4-3-5-22(16-19)26-24(28)17-31-18-25(29)27-14-12-21(13-15-27)7-6-20-8-10-23(30-2)11-9-20/h3-5,8-11,16,21H,6-7,12-15,17-18H2,1-2H3,(H,26,28). The lowest BCUT2D eigenvalue weighted by Gasteiger charge is -2.32. The number of piperidine rings is 1. The molecule has 0 atom stereocenters. The van der Waals surface area contributed by atoms with Gasteiger partial charge in [-0.05, 0) is 73.9 Å². The highest BCUT2D eigenvalue weighted by atomic mass is 32.2. The molecule has 0 saturated carbocycles. The van der Waals surface area contributed by atoms with Crippen LogP contribution in [0.3, 0.4) is 0 Å². The minimum atomic E-state index is -0.0689. The van der Waals surface area contributed by atoms with Gasteiger partial charge in [0.2, 0.25) is 11.8 Å². The van der Waals surface area contributed by atoms with Crippen molar-refractivity contribution in [3.05, 3.63) is 59.7 Å². The van der Waals surface area contributed by atoms with Crippen molar-refractivity contribution in [1.29, 1.82) is 0 Å².